The van der Waals surface area contributed by atoms with Gasteiger partial charge in [-0.2, -0.15) is 0 Å². The van der Waals surface area contributed by atoms with Gasteiger partial charge in [-0.15, -0.1) is 0 Å². The van der Waals surface area contributed by atoms with E-state index in [0.29, 0.717) is 0 Å². The van der Waals surface area contributed by atoms with Crippen LogP contribution in [0.1, 0.15) is 20.8 Å². The van der Waals surface area contributed by atoms with Crippen molar-refractivity contribution in [2.45, 2.75) is 26.3 Å². The number of nitrogens with zero attached hydrogens (tertiary/aromatic N) is 2. The quantitative estimate of drug-likeness (QED) is 0.666. The predicted octanol–water partition coefficient (Wildman–Crippen LogP) is 3.87. The number of phenolic OH excluding ortho intramolecular Hbond substituents is 2. The van der Waals surface area contributed by atoms with Gasteiger partial charge in [-0.1, -0.05) is 12.1 Å². The highest BCUT2D eigenvalue weighted by molar-refractivity contribution is 5.81. The van der Waals surface area contributed by atoms with Crippen molar-refractivity contribution < 1.29 is 10.2 Å². The van der Waals surface area contributed by atoms with Crippen LogP contribution in [0.5, 0.6) is 11.5 Å². The molecule has 1 heterocycles. The van der Waals surface area contributed by atoms with Crippen molar-refractivity contribution in [1.82, 2.24) is 9.55 Å². The Balaban J connectivity index is 2.33. The lowest BCUT2D eigenvalue weighted by Gasteiger charge is -2.24. The van der Waals surface area contributed by atoms with Crippen molar-refractivity contribution in [1.29, 1.82) is 0 Å². The molecule has 0 saturated heterocycles. The normalized spacial score (nSPS) is 12.0. The van der Waals surface area contributed by atoms with Crippen LogP contribution in [0.4, 0.5) is 0 Å². The highest BCUT2D eigenvalue weighted by Crippen LogP contribution is 2.34. The van der Waals surface area contributed by atoms with E-state index in [1.807, 2.05) is 24.3 Å². The van der Waals surface area contributed by atoms with Crippen molar-refractivity contribution in [2.75, 3.05) is 0 Å². The third-order valence-corrected chi connectivity index (χ3v) is 3.47. The van der Waals surface area contributed by atoms with Gasteiger partial charge < -0.3 is 14.8 Å². The average molecular weight is 282 g/mol. The van der Waals surface area contributed by atoms with Crippen molar-refractivity contribution in [3.05, 3.63) is 42.5 Å². The second kappa shape index (κ2) is 4.52. The smallest absolute Gasteiger partial charge is 0.158 e. The minimum absolute atomic E-state index is 0.128. The van der Waals surface area contributed by atoms with Gasteiger partial charge in [0.25, 0.3) is 0 Å². The number of aromatic hydroxyl groups is 2. The van der Waals surface area contributed by atoms with Crippen LogP contribution in [-0.2, 0) is 5.54 Å². The Morgan fingerprint density at radius 1 is 0.952 bits per heavy atom. The van der Waals surface area contributed by atoms with Crippen LogP contribution in [0.3, 0.4) is 0 Å². The summed E-state index contributed by atoms with van der Waals surface area (Å²) < 4.78 is 2.15. The topological polar surface area (TPSA) is 58.3 Å². The average Bonchev–Trinajstić information content (AvgIpc) is 2.81. The van der Waals surface area contributed by atoms with Gasteiger partial charge >= 0.3 is 0 Å². The molecular weight excluding hydrogens is 264 g/mol. The summed E-state index contributed by atoms with van der Waals surface area (Å²) in [6.07, 6.45) is 0. The molecule has 0 radical (unpaired) electrons. The molecule has 0 unspecified atom stereocenters. The minimum Gasteiger partial charge on any atom is -0.504 e. The Kier molecular flexibility index (Phi) is 2.90. The zero-order chi connectivity index (χ0) is 15.2. The summed E-state index contributed by atoms with van der Waals surface area (Å²) in [4.78, 5) is 4.69. The van der Waals surface area contributed by atoms with Crippen LogP contribution < -0.4 is 0 Å². The van der Waals surface area contributed by atoms with Gasteiger partial charge in [-0.25, -0.2) is 4.98 Å². The van der Waals surface area contributed by atoms with Gasteiger partial charge in [-0.05, 0) is 51.1 Å². The lowest BCUT2D eigenvalue weighted by atomic mass is 10.1. The van der Waals surface area contributed by atoms with E-state index < -0.39 is 0 Å². The molecule has 0 aliphatic rings. The van der Waals surface area contributed by atoms with E-state index in [4.69, 9.17) is 4.98 Å². The first kappa shape index (κ1) is 13.5. The van der Waals surface area contributed by atoms with E-state index in [9.17, 15) is 10.2 Å². The highest BCUT2D eigenvalue weighted by Gasteiger charge is 2.22. The number of benzene rings is 2. The summed E-state index contributed by atoms with van der Waals surface area (Å²) in [5, 5.41) is 19.2. The molecule has 3 aromatic rings. The van der Waals surface area contributed by atoms with Gasteiger partial charge in [0.2, 0.25) is 0 Å². The Morgan fingerprint density at radius 3 is 2.33 bits per heavy atom. The van der Waals surface area contributed by atoms with Crippen LogP contribution in [-0.4, -0.2) is 19.8 Å². The fourth-order valence-corrected chi connectivity index (χ4v) is 2.56. The summed E-state index contributed by atoms with van der Waals surface area (Å²) in [5.41, 5.74) is 2.58. The van der Waals surface area contributed by atoms with Gasteiger partial charge in [0.15, 0.2) is 11.5 Å². The fourth-order valence-electron chi connectivity index (χ4n) is 2.56. The first-order valence-electron chi connectivity index (χ1n) is 6.88. The van der Waals surface area contributed by atoms with Crippen molar-refractivity contribution in [2.24, 2.45) is 0 Å². The second-order valence-corrected chi connectivity index (χ2v) is 6.13. The number of para-hydroxylation sites is 2. The molecule has 0 saturated carbocycles. The second-order valence-electron chi connectivity index (χ2n) is 6.13. The molecule has 4 heteroatoms. The van der Waals surface area contributed by atoms with Crippen LogP contribution in [0, 0.1) is 0 Å². The van der Waals surface area contributed by atoms with Gasteiger partial charge in [0.1, 0.15) is 5.82 Å². The predicted molar refractivity (Wildman–Crippen MR) is 83.5 cm³/mol. The lowest BCUT2D eigenvalue weighted by Crippen LogP contribution is -2.22. The molecule has 108 valence electrons. The largest absolute Gasteiger partial charge is 0.504 e. The van der Waals surface area contributed by atoms with E-state index in [1.165, 1.54) is 6.07 Å². The van der Waals surface area contributed by atoms with E-state index in [2.05, 4.69) is 25.3 Å². The number of fused-ring (bicyclic) bond motifs is 1. The molecule has 1 aromatic heterocycles. The monoisotopic (exact) mass is 282 g/mol. The maximum absolute atomic E-state index is 9.74. The third-order valence-electron chi connectivity index (χ3n) is 3.47. The first-order valence-corrected chi connectivity index (χ1v) is 6.88. The van der Waals surface area contributed by atoms with Gasteiger partial charge in [-0.3, -0.25) is 0 Å². The molecular formula is C17H18N2O2. The third kappa shape index (κ3) is 2.23. The molecule has 0 bridgehead atoms. The highest BCUT2D eigenvalue weighted by atomic mass is 16.3. The Hall–Kier alpha value is -2.49. The Bertz CT molecular complexity index is 813. The molecule has 21 heavy (non-hydrogen) atoms. The van der Waals surface area contributed by atoms with Crippen LogP contribution >= 0.6 is 0 Å². The zero-order valence-electron chi connectivity index (χ0n) is 12.3. The van der Waals surface area contributed by atoms with Gasteiger partial charge in [0, 0.05) is 11.1 Å². The number of aromatic nitrogens is 2. The molecule has 0 aliphatic carbocycles. The van der Waals surface area contributed by atoms with Crippen LogP contribution in [0.15, 0.2) is 42.5 Å². The van der Waals surface area contributed by atoms with Gasteiger partial charge in [0.05, 0.1) is 11.0 Å². The molecule has 2 aromatic carbocycles. The van der Waals surface area contributed by atoms with Crippen LogP contribution in [0.25, 0.3) is 22.4 Å². The number of hydrogen-bond acceptors (Lipinski definition) is 3. The number of rotatable bonds is 1. The number of imidazole rings is 1. The Labute approximate surface area is 123 Å². The maximum atomic E-state index is 9.74. The van der Waals surface area contributed by atoms with Crippen molar-refractivity contribution in [3.63, 3.8) is 0 Å². The molecule has 0 atom stereocenters. The fraction of sp³-hybridized carbons (Fsp3) is 0.235. The first-order chi connectivity index (χ1) is 9.88. The van der Waals surface area contributed by atoms with E-state index in [-0.39, 0.29) is 17.0 Å². The lowest BCUT2D eigenvalue weighted by molar-refractivity contribution is 0.402. The standard InChI is InChI=1S/C17H18N2O2/c1-17(2,3)19-13-7-5-4-6-12(13)18-16(19)11-8-9-14(20)15(21)10-11/h4-10,20-21H,1-3H3. The summed E-state index contributed by atoms with van der Waals surface area (Å²) >= 11 is 0. The number of phenols is 2. The summed E-state index contributed by atoms with van der Waals surface area (Å²) in [7, 11) is 0. The molecule has 0 fully saturated rings. The van der Waals surface area contributed by atoms with E-state index in [0.717, 1.165) is 22.4 Å². The van der Waals surface area contributed by atoms with E-state index in [1.54, 1.807) is 12.1 Å². The zero-order valence-corrected chi connectivity index (χ0v) is 12.3. The minimum atomic E-state index is -0.154. The maximum Gasteiger partial charge on any atom is 0.158 e. The molecule has 0 aliphatic heterocycles. The summed E-state index contributed by atoms with van der Waals surface area (Å²) in [5.74, 6) is 0.510. The molecule has 3 rings (SSSR count). The molecule has 0 spiro atoms. The Morgan fingerprint density at radius 2 is 1.67 bits per heavy atom. The SMILES string of the molecule is CC(C)(C)n1c(-c2ccc(O)c(O)c2)nc2ccccc21. The molecule has 4 nitrogen and oxygen atoms in total. The molecule has 2 N–H and O–H groups in total. The number of hydrogen-bond donors (Lipinski definition) is 2. The van der Waals surface area contributed by atoms with Crippen LogP contribution in [0.2, 0.25) is 0 Å². The molecule has 0 amide bonds. The van der Waals surface area contributed by atoms with E-state index >= 15 is 0 Å². The van der Waals surface area contributed by atoms with Crippen molar-refractivity contribution >= 4 is 11.0 Å². The summed E-state index contributed by atoms with van der Waals surface area (Å²) in [6.45, 7) is 6.35. The van der Waals surface area contributed by atoms with Crippen molar-refractivity contribution in [3.8, 4) is 22.9 Å². The summed E-state index contributed by atoms with van der Waals surface area (Å²) in [6, 6.07) is 12.7.